The van der Waals surface area contributed by atoms with Crippen molar-refractivity contribution in [1.82, 2.24) is 44.5 Å². The van der Waals surface area contributed by atoms with Crippen LogP contribution in [0, 0.1) is 0 Å². The molecule has 0 bridgehead atoms. The molecule has 2 fully saturated rings. The SMILES string of the molecule is Nc1nc2c(nnn2[C@@H]2OC(CO)[C@@H](F)[C@H]2P(O)(=S)OC[C@H]2O[C@@H](n3cnc4c(N)ncnc43)[C@@H](F)[C@@H]2O)c(=O)[nH]1. The number of nitrogen functional groups attached to an aromatic ring is 2. The van der Waals surface area contributed by atoms with E-state index in [1.165, 1.54) is 10.9 Å². The van der Waals surface area contributed by atoms with Gasteiger partial charge in [0, 0.05) is 0 Å². The lowest BCUT2D eigenvalue weighted by Crippen LogP contribution is -2.34. The molecule has 6 heterocycles. The van der Waals surface area contributed by atoms with Crippen molar-refractivity contribution in [3.8, 4) is 0 Å². The Labute approximate surface area is 231 Å². The molecule has 6 rings (SSSR count). The number of nitrogens with zero attached hydrogens (tertiary/aromatic N) is 8. The number of aromatic amines is 1. The van der Waals surface area contributed by atoms with Crippen molar-refractivity contribution in [1.29, 1.82) is 0 Å². The van der Waals surface area contributed by atoms with Crippen LogP contribution < -0.4 is 17.0 Å². The van der Waals surface area contributed by atoms with Crippen LogP contribution in [0.1, 0.15) is 12.5 Å². The molecule has 18 nitrogen and oxygen atoms in total. The van der Waals surface area contributed by atoms with Gasteiger partial charge < -0.3 is 40.6 Å². The predicted octanol–water partition coefficient (Wildman–Crippen LogP) is -1.97. The second kappa shape index (κ2) is 10.2. The number of nitrogens with two attached hydrogens (primary N) is 2. The summed E-state index contributed by atoms with van der Waals surface area (Å²) in [4.78, 5) is 41.5. The van der Waals surface area contributed by atoms with E-state index in [2.05, 4.69) is 35.2 Å². The summed E-state index contributed by atoms with van der Waals surface area (Å²) in [6.45, 7) is -5.70. The number of aliphatic hydroxyl groups is 2. The Morgan fingerprint density at radius 2 is 1.88 bits per heavy atom. The summed E-state index contributed by atoms with van der Waals surface area (Å²) in [5, 5.41) is 27.7. The minimum absolute atomic E-state index is 0.0570. The maximum atomic E-state index is 15.5. The predicted molar refractivity (Wildman–Crippen MR) is 137 cm³/mol. The van der Waals surface area contributed by atoms with Crippen molar-refractivity contribution in [2.24, 2.45) is 0 Å². The topological polar surface area (TPSA) is 260 Å². The van der Waals surface area contributed by atoms with Crippen LogP contribution in [0.2, 0.25) is 0 Å². The molecule has 2 aliphatic rings. The molecule has 0 aromatic carbocycles. The molecule has 4 aromatic heterocycles. The third-order valence-corrected chi connectivity index (χ3v) is 9.68. The van der Waals surface area contributed by atoms with E-state index in [9.17, 15) is 19.9 Å². The lowest BCUT2D eigenvalue weighted by atomic mass is 10.1. The number of imidazole rings is 1. The molecule has 2 unspecified atom stereocenters. The fraction of sp³-hybridized carbons (Fsp3) is 0.526. The summed E-state index contributed by atoms with van der Waals surface area (Å²) in [5.74, 6) is -0.236. The van der Waals surface area contributed by atoms with Crippen LogP contribution in [-0.4, -0.2) is 109 Å². The molecule has 8 N–H and O–H groups in total. The monoisotopic (exact) mass is 617 g/mol. The number of ether oxygens (including phenoxy) is 2. The maximum Gasteiger partial charge on any atom is 0.282 e. The van der Waals surface area contributed by atoms with E-state index in [1.807, 2.05) is 0 Å². The second-order valence-electron chi connectivity index (χ2n) is 9.28. The molecular formula is C19H22F2N11O7PS. The summed E-state index contributed by atoms with van der Waals surface area (Å²) in [6, 6.07) is 0. The van der Waals surface area contributed by atoms with Gasteiger partial charge in [-0.25, -0.2) is 23.7 Å². The number of fused-ring (bicyclic) bond motifs is 2. The van der Waals surface area contributed by atoms with Crippen LogP contribution in [-0.2, 0) is 25.8 Å². The third-order valence-electron chi connectivity index (χ3n) is 6.82. The van der Waals surface area contributed by atoms with E-state index >= 15 is 8.78 Å². The van der Waals surface area contributed by atoms with Crippen molar-refractivity contribution >= 4 is 52.4 Å². The molecule has 0 aliphatic carbocycles. The molecule has 0 saturated carbocycles. The molecule has 41 heavy (non-hydrogen) atoms. The van der Waals surface area contributed by atoms with Crippen LogP contribution in [0.3, 0.4) is 0 Å². The van der Waals surface area contributed by atoms with Gasteiger partial charge in [-0.15, -0.1) is 5.10 Å². The number of anilines is 2. The van der Waals surface area contributed by atoms with Gasteiger partial charge in [-0.05, 0) is 11.8 Å². The first-order valence-corrected chi connectivity index (χ1v) is 14.6. The minimum atomic E-state index is -4.25. The van der Waals surface area contributed by atoms with E-state index in [1.54, 1.807) is 0 Å². The molecule has 9 atom stereocenters. The van der Waals surface area contributed by atoms with Gasteiger partial charge in [-0.2, -0.15) is 9.67 Å². The van der Waals surface area contributed by atoms with Gasteiger partial charge in [0.2, 0.25) is 5.95 Å². The van der Waals surface area contributed by atoms with Gasteiger partial charge in [-0.1, -0.05) is 5.21 Å². The Hall–Kier alpha value is -3.30. The first-order chi connectivity index (χ1) is 19.5. The van der Waals surface area contributed by atoms with Gasteiger partial charge >= 0.3 is 0 Å². The zero-order valence-corrected chi connectivity index (χ0v) is 22.2. The first kappa shape index (κ1) is 27.8. The quantitative estimate of drug-likeness (QED) is 0.123. The van der Waals surface area contributed by atoms with E-state index < -0.39 is 74.0 Å². The summed E-state index contributed by atoms with van der Waals surface area (Å²) in [7, 11) is 0. The van der Waals surface area contributed by atoms with Crippen molar-refractivity contribution in [3.63, 3.8) is 0 Å². The average molecular weight is 617 g/mol. The summed E-state index contributed by atoms with van der Waals surface area (Å²) in [5.41, 5.74) is 8.90. The average Bonchev–Trinajstić information content (AvgIpc) is 3.68. The normalized spacial score (nSPS) is 31.7. The van der Waals surface area contributed by atoms with Crippen LogP contribution in [0.5, 0.6) is 0 Å². The van der Waals surface area contributed by atoms with Crippen LogP contribution in [0.4, 0.5) is 20.5 Å². The number of halogens is 2. The Kier molecular flexibility index (Phi) is 6.93. The number of nitrogens with one attached hydrogen (secondary N) is 1. The number of aromatic nitrogens is 9. The molecule has 22 heteroatoms. The van der Waals surface area contributed by atoms with E-state index in [0.717, 1.165) is 11.0 Å². The summed E-state index contributed by atoms with van der Waals surface area (Å²) < 4.78 is 49.5. The molecule has 0 spiro atoms. The Bertz CT molecular complexity index is 1720. The summed E-state index contributed by atoms with van der Waals surface area (Å²) >= 11 is 5.29. The highest BCUT2D eigenvalue weighted by atomic mass is 32.5. The van der Waals surface area contributed by atoms with Gasteiger partial charge in [0.25, 0.3) is 5.56 Å². The maximum absolute atomic E-state index is 15.5. The van der Waals surface area contributed by atoms with Crippen LogP contribution >= 0.6 is 6.49 Å². The lowest BCUT2D eigenvalue weighted by molar-refractivity contribution is -0.0435. The molecule has 0 amide bonds. The zero-order chi connectivity index (χ0) is 29.2. The standard InChI is InChI=1S/C19H22F2N11O7PS/c20-7-5(1-33)38-18(32-15-10(29-30-32)16(35)28-19(23)27-15)12(7)40(36,41)37-2-6-11(34)8(21)17(39-6)31-4-26-9-13(22)24-3-25-14(9)31/h3-8,11-12,17-18,33-34H,1-2H2,(H,36,41)(H2,22,24,25)(H3,23,27,28,35)/t5?,6-,7-,8+,11-,12-,17-,18-,40?/m1/s1. The van der Waals surface area contributed by atoms with Gasteiger partial charge in [0.1, 0.15) is 42.0 Å². The Morgan fingerprint density at radius 1 is 1.12 bits per heavy atom. The van der Waals surface area contributed by atoms with E-state index in [0.29, 0.717) is 0 Å². The lowest BCUT2D eigenvalue weighted by Gasteiger charge is -2.28. The highest BCUT2D eigenvalue weighted by molar-refractivity contribution is 8.09. The van der Waals surface area contributed by atoms with Gasteiger partial charge in [0.15, 0.2) is 47.7 Å². The fourth-order valence-corrected chi connectivity index (χ4v) is 7.26. The highest BCUT2D eigenvalue weighted by Crippen LogP contribution is 2.58. The Morgan fingerprint density at radius 3 is 2.63 bits per heavy atom. The molecule has 0 radical (unpaired) electrons. The molecule has 2 aliphatic heterocycles. The zero-order valence-electron chi connectivity index (χ0n) is 20.5. The second-order valence-corrected chi connectivity index (χ2v) is 12.8. The van der Waals surface area contributed by atoms with Gasteiger partial charge in [0.05, 0.1) is 19.5 Å². The molecule has 4 aromatic rings. The largest absolute Gasteiger partial charge is 0.394 e. The Balaban J connectivity index is 1.25. The van der Waals surface area contributed by atoms with Gasteiger partial charge in [-0.3, -0.25) is 14.3 Å². The third kappa shape index (κ3) is 4.54. The van der Waals surface area contributed by atoms with Crippen LogP contribution in [0.25, 0.3) is 22.3 Å². The highest BCUT2D eigenvalue weighted by Gasteiger charge is 2.55. The fourth-order valence-electron chi connectivity index (χ4n) is 4.82. The van der Waals surface area contributed by atoms with Crippen molar-refractivity contribution in [3.05, 3.63) is 23.0 Å². The van der Waals surface area contributed by atoms with Crippen molar-refractivity contribution in [2.75, 3.05) is 24.7 Å². The number of aliphatic hydroxyl groups excluding tert-OH is 2. The smallest absolute Gasteiger partial charge is 0.282 e. The number of hydrogen-bond donors (Lipinski definition) is 6. The van der Waals surface area contributed by atoms with E-state index in [-0.39, 0.29) is 34.1 Å². The first-order valence-electron chi connectivity index (χ1n) is 11.9. The molecular weight excluding hydrogens is 595 g/mol. The number of hydrogen-bond acceptors (Lipinski definition) is 15. The minimum Gasteiger partial charge on any atom is -0.394 e. The summed E-state index contributed by atoms with van der Waals surface area (Å²) in [6.07, 6.45) is -9.18. The molecule has 2 saturated heterocycles. The van der Waals surface area contributed by atoms with E-state index in [4.69, 9.17) is 37.3 Å². The van der Waals surface area contributed by atoms with Crippen molar-refractivity contribution in [2.45, 2.75) is 48.8 Å². The molecule has 220 valence electrons. The van der Waals surface area contributed by atoms with Crippen LogP contribution in [0.15, 0.2) is 17.4 Å². The number of rotatable bonds is 7. The van der Waals surface area contributed by atoms with Crippen molar-refractivity contribution < 1.29 is 37.9 Å². The number of H-pyrrole nitrogens is 1. The number of alkyl halides is 2.